The standard InChI is InChI=1S/C18H19F2N5O2/c19-5-9(6-20)25-10-3-4-11(26)13-15(24-27-16(13)8-1-2-8)12(10)14-17(21)22-7-23-18(14)25/h7-9,11,26H,1-6H2,(H2,21,22,23)/t11-/m0/s1. The van der Waals surface area contributed by atoms with Gasteiger partial charge in [-0.15, -0.1) is 0 Å². The Labute approximate surface area is 153 Å². The molecule has 7 nitrogen and oxygen atoms in total. The number of aliphatic hydroxyl groups is 1. The molecule has 0 amide bonds. The van der Waals surface area contributed by atoms with Crippen LogP contribution in [0.15, 0.2) is 10.9 Å². The Hall–Kier alpha value is -2.55. The van der Waals surface area contributed by atoms with Crippen molar-refractivity contribution in [3.63, 3.8) is 0 Å². The van der Waals surface area contributed by atoms with Crippen LogP contribution >= 0.6 is 0 Å². The molecule has 1 atom stereocenters. The van der Waals surface area contributed by atoms with Crippen molar-refractivity contribution in [1.82, 2.24) is 19.7 Å². The third kappa shape index (κ3) is 2.30. The quantitative estimate of drug-likeness (QED) is 0.727. The number of nitrogen functional groups attached to an aromatic ring is 1. The Morgan fingerprint density at radius 3 is 2.74 bits per heavy atom. The van der Waals surface area contributed by atoms with Crippen LogP contribution in [-0.2, 0) is 6.42 Å². The van der Waals surface area contributed by atoms with Gasteiger partial charge in [-0.25, -0.2) is 18.7 Å². The Balaban J connectivity index is 1.87. The Morgan fingerprint density at radius 1 is 1.26 bits per heavy atom. The van der Waals surface area contributed by atoms with E-state index in [2.05, 4.69) is 15.1 Å². The zero-order chi connectivity index (χ0) is 18.7. The van der Waals surface area contributed by atoms with Gasteiger partial charge < -0.3 is 19.9 Å². The normalized spacial score (nSPS) is 19.3. The zero-order valence-corrected chi connectivity index (χ0v) is 14.5. The summed E-state index contributed by atoms with van der Waals surface area (Å²) in [5.41, 5.74) is 8.93. The highest BCUT2D eigenvalue weighted by molar-refractivity contribution is 6.02. The van der Waals surface area contributed by atoms with Gasteiger partial charge in [-0.2, -0.15) is 0 Å². The van der Waals surface area contributed by atoms with Gasteiger partial charge in [0.05, 0.1) is 23.1 Å². The van der Waals surface area contributed by atoms with Crippen molar-refractivity contribution in [3.8, 4) is 11.3 Å². The summed E-state index contributed by atoms with van der Waals surface area (Å²) in [4.78, 5) is 8.32. The van der Waals surface area contributed by atoms with Gasteiger partial charge in [0.2, 0.25) is 0 Å². The number of nitrogens with two attached hydrogens (primary N) is 1. The molecule has 142 valence electrons. The molecule has 3 aromatic rings. The smallest absolute Gasteiger partial charge is 0.146 e. The first-order valence-electron chi connectivity index (χ1n) is 9.08. The average Bonchev–Trinajstić information content (AvgIpc) is 3.36. The molecule has 1 saturated carbocycles. The van der Waals surface area contributed by atoms with E-state index in [1.165, 1.54) is 6.33 Å². The molecule has 0 saturated heterocycles. The lowest BCUT2D eigenvalue weighted by atomic mass is 10.0. The lowest BCUT2D eigenvalue weighted by Crippen LogP contribution is -2.17. The number of rotatable bonds is 4. The molecule has 2 aliphatic rings. The number of aromatic nitrogens is 4. The van der Waals surface area contributed by atoms with Crippen molar-refractivity contribution >= 4 is 16.9 Å². The van der Waals surface area contributed by atoms with E-state index in [-0.39, 0.29) is 11.7 Å². The Kier molecular flexibility index (Phi) is 3.68. The van der Waals surface area contributed by atoms with E-state index in [0.717, 1.165) is 12.8 Å². The van der Waals surface area contributed by atoms with E-state index in [4.69, 9.17) is 10.3 Å². The monoisotopic (exact) mass is 375 g/mol. The minimum atomic E-state index is -1.01. The fourth-order valence-corrected chi connectivity index (χ4v) is 4.15. The number of fused-ring (bicyclic) bond motifs is 5. The molecule has 1 fully saturated rings. The van der Waals surface area contributed by atoms with Gasteiger partial charge in [0.15, 0.2) is 0 Å². The van der Waals surface area contributed by atoms with Gasteiger partial charge in [0.25, 0.3) is 0 Å². The maximum Gasteiger partial charge on any atom is 0.146 e. The fourth-order valence-electron chi connectivity index (χ4n) is 4.15. The Morgan fingerprint density at radius 2 is 2.04 bits per heavy atom. The molecule has 0 aliphatic heterocycles. The maximum atomic E-state index is 13.6. The van der Waals surface area contributed by atoms with Crippen LogP contribution in [0.25, 0.3) is 22.3 Å². The first kappa shape index (κ1) is 16.6. The van der Waals surface area contributed by atoms with E-state index >= 15 is 0 Å². The third-order valence-electron chi connectivity index (χ3n) is 5.56. The second kappa shape index (κ2) is 5.98. The lowest BCUT2D eigenvalue weighted by Gasteiger charge is -2.17. The van der Waals surface area contributed by atoms with Crippen LogP contribution < -0.4 is 5.73 Å². The van der Waals surface area contributed by atoms with E-state index in [9.17, 15) is 13.9 Å². The van der Waals surface area contributed by atoms with Crippen molar-refractivity contribution in [1.29, 1.82) is 0 Å². The summed E-state index contributed by atoms with van der Waals surface area (Å²) in [6, 6.07) is -1.01. The summed E-state index contributed by atoms with van der Waals surface area (Å²) in [5, 5.41) is 15.5. The zero-order valence-electron chi connectivity index (χ0n) is 14.5. The van der Waals surface area contributed by atoms with Crippen LogP contribution in [0.4, 0.5) is 14.6 Å². The molecule has 27 heavy (non-hydrogen) atoms. The second-order valence-corrected chi connectivity index (χ2v) is 7.25. The predicted molar refractivity (Wildman–Crippen MR) is 93.7 cm³/mol. The molecule has 0 aromatic carbocycles. The fraction of sp³-hybridized carbons (Fsp3) is 0.500. The minimum absolute atomic E-state index is 0.213. The summed E-state index contributed by atoms with van der Waals surface area (Å²) < 4.78 is 34.3. The second-order valence-electron chi connectivity index (χ2n) is 7.25. The van der Waals surface area contributed by atoms with Crippen molar-refractivity contribution in [2.75, 3.05) is 19.1 Å². The predicted octanol–water partition coefficient (Wildman–Crippen LogP) is 3.01. The number of aliphatic hydroxyl groups excluding tert-OH is 1. The molecular weight excluding hydrogens is 356 g/mol. The van der Waals surface area contributed by atoms with Crippen molar-refractivity contribution in [2.24, 2.45) is 0 Å². The number of nitrogens with zero attached hydrogens (tertiary/aromatic N) is 4. The molecule has 5 rings (SSSR count). The molecule has 0 radical (unpaired) electrons. The van der Waals surface area contributed by atoms with Gasteiger partial charge >= 0.3 is 0 Å². The lowest BCUT2D eigenvalue weighted by molar-refractivity contribution is 0.165. The highest BCUT2D eigenvalue weighted by atomic mass is 19.1. The molecule has 9 heteroatoms. The number of anilines is 1. The number of alkyl halides is 2. The first-order valence-corrected chi connectivity index (χ1v) is 9.08. The van der Waals surface area contributed by atoms with Gasteiger partial charge in [0.1, 0.15) is 42.6 Å². The highest BCUT2D eigenvalue weighted by Crippen LogP contribution is 2.50. The van der Waals surface area contributed by atoms with Crippen molar-refractivity contribution in [2.45, 2.75) is 43.7 Å². The SMILES string of the molecule is Nc1ncnc2c1c1c(n2C(CF)CF)CC[C@H](O)c2c-1noc2C1CC1. The molecule has 0 spiro atoms. The first-order chi connectivity index (χ1) is 13.2. The van der Waals surface area contributed by atoms with Gasteiger partial charge in [0, 0.05) is 17.2 Å². The van der Waals surface area contributed by atoms with Crippen LogP contribution in [0.3, 0.4) is 0 Å². The summed E-state index contributed by atoms with van der Waals surface area (Å²) in [6.07, 6.45) is 3.35. The average molecular weight is 375 g/mol. The number of hydrogen-bond acceptors (Lipinski definition) is 6. The minimum Gasteiger partial charge on any atom is -0.388 e. The third-order valence-corrected chi connectivity index (χ3v) is 5.56. The summed E-state index contributed by atoms with van der Waals surface area (Å²) in [6.45, 7) is -1.75. The largest absolute Gasteiger partial charge is 0.388 e. The number of hydrogen-bond donors (Lipinski definition) is 2. The van der Waals surface area contributed by atoms with E-state index < -0.39 is 25.5 Å². The molecule has 0 bridgehead atoms. The maximum absolute atomic E-state index is 13.6. The topological polar surface area (TPSA) is 103 Å². The van der Waals surface area contributed by atoms with Crippen LogP contribution in [0, 0.1) is 0 Å². The van der Waals surface area contributed by atoms with Gasteiger partial charge in [-0.1, -0.05) is 5.16 Å². The molecule has 3 aromatic heterocycles. The van der Waals surface area contributed by atoms with Crippen molar-refractivity contribution < 1.29 is 18.4 Å². The Bertz CT molecular complexity index is 1020. The molecule has 3 N–H and O–H groups in total. The van der Waals surface area contributed by atoms with E-state index in [0.29, 0.717) is 52.2 Å². The van der Waals surface area contributed by atoms with Crippen LogP contribution in [0.5, 0.6) is 0 Å². The summed E-state index contributed by atoms with van der Waals surface area (Å²) >= 11 is 0. The van der Waals surface area contributed by atoms with E-state index in [1.807, 2.05) is 0 Å². The highest BCUT2D eigenvalue weighted by Gasteiger charge is 2.39. The molecule has 3 heterocycles. The number of halogens is 2. The summed E-state index contributed by atoms with van der Waals surface area (Å²) in [7, 11) is 0. The molecular formula is C18H19F2N5O2. The van der Waals surface area contributed by atoms with Crippen LogP contribution in [0.1, 0.15) is 54.3 Å². The van der Waals surface area contributed by atoms with Crippen LogP contribution in [0.2, 0.25) is 0 Å². The van der Waals surface area contributed by atoms with Gasteiger partial charge in [-0.05, 0) is 25.7 Å². The molecule has 0 unspecified atom stereocenters. The van der Waals surface area contributed by atoms with Crippen molar-refractivity contribution in [3.05, 3.63) is 23.3 Å². The van der Waals surface area contributed by atoms with Gasteiger partial charge in [-0.3, -0.25) is 0 Å². The summed E-state index contributed by atoms with van der Waals surface area (Å²) in [5.74, 6) is 1.18. The molecule has 2 aliphatic carbocycles. The van der Waals surface area contributed by atoms with Crippen LogP contribution in [-0.4, -0.2) is 38.1 Å². The van der Waals surface area contributed by atoms with E-state index in [1.54, 1.807) is 4.57 Å².